The number of allylic oxidation sites excluding steroid dienone is 2. The number of β-lactam (4-membered cyclic amide) rings is 1. The molecule has 3 aliphatic rings. The van der Waals surface area contributed by atoms with E-state index in [1.54, 1.807) is 27.8 Å². The Labute approximate surface area is 219 Å². The molecule has 2 fully saturated rings. The topological polar surface area (TPSA) is 125 Å². The molecule has 0 aliphatic carbocycles. The van der Waals surface area contributed by atoms with E-state index in [0.29, 0.717) is 18.5 Å². The van der Waals surface area contributed by atoms with Gasteiger partial charge in [-0.05, 0) is 30.2 Å². The molecule has 4 heterocycles. The van der Waals surface area contributed by atoms with Crippen LogP contribution in [0, 0.1) is 5.92 Å². The molecule has 2 aromatic rings. The molecule has 3 atom stereocenters. The second-order valence-corrected chi connectivity index (χ2v) is 8.72. The van der Waals surface area contributed by atoms with Gasteiger partial charge in [0.1, 0.15) is 11.7 Å². The number of aromatic nitrogens is 1. The van der Waals surface area contributed by atoms with E-state index < -0.39 is 17.9 Å². The molecular weight excluding hydrogens is 447 g/mol. The van der Waals surface area contributed by atoms with E-state index >= 15 is 0 Å². The van der Waals surface area contributed by atoms with Gasteiger partial charge in [0.15, 0.2) is 6.20 Å². The summed E-state index contributed by atoms with van der Waals surface area (Å²) in [6, 6.07) is 8.69. The molecule has 0 radical (unpaired) electrons. The van der Waals surface area contributed by atoms with E-state index in [1.165, 1.54) is 11.8 Å². The van der Waals surface area contributed by atoms with E-state index in [-0.39, 0.29) is 67.0 Å². The third-order valence-corrected chi connectivity index (χ3v) is 6.67. The van der Waals surface area contributed by atoms with Crippen LogP contribution in [0.3, 0.4) is 0 Å². The molecule has 3 aliphatic heterocycles. The van der Waals surface area contributed by atoms with Crippen LogP contribution >= 0.6 is 0 Å². The summed E-state index contributed by atoms with van der Waals surface area (Å²) in [7, 11) is 0. The fraction of sp³-hybridized carbons (Fsp3) is 0.292. The van der Waals surface area contributed by atoms with Crippen LogP contribution in [0.2, 0.25) is 0 Å². The summed E-state index contributed by atoms with van der Waals surface area (Å²) in [5.74, 6) is -2.15. The van der Waals surface area contributed by atoms with Gasteiger partial charge in [0.25, 0.3) is 11.8 Å². The van der Waals surface area contributed by atoms with Crippen molar-refractivity contribution >= 4 is 40.7 Å². The summed E-state index contributed by atoms with van der Waals surface area (Å²) in [4.78, 5) is 51.3. The molecule has 0 unspecified atom stereocenters. The van der Waals surface area contributed by atoms with Gasteiger partial charge in [0, 0.05) is 36.4 Å². The van der Waals surface area contributed by atoms with Gasteiger partial charge in [-0.2, -0.15) is 4.57 Å². The van der Waals surface area contributed by atoms with Crippen LogP contribution in [0.4, 0.5) is 0 Å². The van der Waals surface area contributed by atoms with Crippen LogP contribution in [0.25, 0.3) is 17.0 Å². The van der Waals surface area contributed by atoms with E-state index in [0.717, 1.165) is 16.5 Å². The van der Waals surface area contributed by atoms with Gasteiger partial charge < -0.3 is 17.2 Å². The largest absolute Gasteiger partial charge is 1.00 e. The van der Waals surface area contributed by atoms with E-state index in [2.05, 4.69) is 0 Å². The summed E-state index contributed by atoms with van der Waals surface area (Å²) in [6.07, 6.45) is 5.74. The van der Waals surface area contributed by atoms with Crippen LogP contribution in [-0.2, 0) is 25.7 Å². The maximum Gasteiger partial charge on any atom is 1.00 e. The van der Waals surface area contributed by atoms with Crippen LogP contribution < -0.4 is 39.9 Å². The molecule has 5 rings (SSSR count). The van der Waals surface area contributed by atoms with Gasteiger partial charge in [0.2, 0.25) is 18.0 Å². The third kappa shape index (κ3) is 3.83. The Morgan fingerprint density at radius 3 is 2.68 bits per heavy atom. The maximum atomic E-state index is 12.8. The van der Waals surface area contributed by atoms with Crippen molar-refractivity contribution in [2.75, 3.05) is 6.54 Å². The Morgan fingerprint density at radius 2 is 2.00 bits per heavy atom. The minimum atomic E-state index is -1.16. The number of aliphatic carboxylic acids is 1. The van der Waals surface area contributed by atoms with Gasteiger partial charge in [-0.15, -0.1) is 0 Å². The predicted octanol–water partition coefficient (Wildman–Crippen LogP) is -2.46. The number of carbonyl (C=O) groups is 4. The van der Waals surface area contributed by atoms with Gasteiger partial charge in [0.05, 0.1) is 6.04 Å². The number of amides is 3. The average Bonchev–Trinajstić information content (AvgIpc) is 3.13. The zero-order chi connectivity index (χ0) is 23.4. The quantitative estimate of drug-likeness (QED) is 0.284. The second-order valence-electron chi connectivity index (χ2n) is 8.72. The first-order valence-corrected chi connectivity index (χ1v) is 10.7. The van der Waals surface area contributed by atoms with Gasteiger partial charge in [-0.25, -0.2) is 4.79 Å². The van der Waals surface area contributed by atoms with Crippen LogP contribution in [0.1, 0.15) is 20.3 Å². The van der Waals surface area contributed by atoms with Crippen molar-refractivity contribution in [2.24, 2.45) is 11.7 Å². The molecule has 0 saturated carbocycles. The van der Waals surface area contributed by atoms with Crippen molar-refractivity contribution in [3.05, 3.63) is 59.4 Å². The zero-order valence-corrected chi connectivity index (χ0v) is 21.0. The first kappa shape index (κ1) is 24.1. The molecule has 9 nitrogen and oxygen atoms in total. The normalized spacial score (nSPS) is 23.1. The van der Waals surface area contributed by atoms with Crippen molar-refractivity contribution < 1.29 is 59.8 Å². The minimum Gasteiger partial charge on any atom is -1.00 e. The Morgan fingerprint density at radius 1 is 1.26 bits per heavy atom. The number of nitrogens with two attached hydrogens (primary N) is 1. The molecule has 3 amide bonds. The molecule has 2 saturated heterocycles. The molecule has 0 spiro atoms. The Kier molecular flexibility index (Phi) is 6.37. The van der Waals surface area contributed by atoms with Crippen molar-refractivity contribution in [2.45, 2.75) is 32.0 Å². The number of primary amides is 1. The summed E-state index contributed by atoms with van der Waals surface area (Å²) < 4.78 is 1.76. The SMILES string of the molecule is CC(=O)N1C[C@H]2CC(/C=C/c3cc4ccccc4[n+](CC(N)=O)c3)=C(C(=O)O)N3C(=O)[C@@H]1[C@@H]23.[H-].[Na+]. The maximum absolute atomic E-state index is 12.8. The third-order valence-electron chi connectivity index (χ3n) is 6.67. The van der Waals surface area contributed by atoms with Crippen LogP contribution in [-0.4, -0.2) is 57.2 Å². The number of carboxylic acid groups (broad SMARTS) is 1. The Balaban J connectivity index is 0.00000171. The number of pyridine rings is 1. The van der Waals surface area contributed by atoms with Crippen LogP contribution in [0.5, 0.6) is 0 Å². The summed E-state index contributed by atoms with van der Waals surface area (Å²) >= 11 is 0. The number of nitrogens with zero attached hydrogens (tertiary/aromatic N) is 3. The van der Waals surface area contributed by atoms with Crippen molar-refractivity contribution in [3.8, 4) is 0 Å². The smallest absolute Gasteiger partial charge is 1.00 e. The molecular formula is C24H24N4NaO5+. The number of fused-ring (bicyclic) bond motifs is 1. The van der Waals surface area contributed by atoms with Gasteiger partial charge in [-0.3, -0.25) is 19.3 Å². The number of carbonyl (C=O) groups excluding carboxylic acids is 3. The Bertz CT molecular complexity index is 1310. The molecule has 1 aromatic carbocycles. The fourth-order valence-electron chi connectivity index (χ4n) is 5.37. The Hall–Kier alpha value is -3.01. The number of likely N-dealkylation sites (tertiary alicyclic amines) is 1. The minimum absolute atomic E-state index is 0. The van der Waals surface area contributed by atoms with Crippen molar-refractivity contribution in [3.63, 3.8) is 0 Å². The molecule has 34 heavy (non-hydrogen) atoms. The number of rotatable bonds is 5. The predicted molar refractivity (Wildman–Crippen MR) is 118 cm³/mol. The molecule has 3 N–H and O–H groups in total. The fourth-order valence-corrected chi connectivity index (χ4v) is 5.37. The second kappa shape index (κ2) is 8.98. The number of carboxylic acids is 1. The standard InChI is InChI=1S/C24H22N4O5.Na.H/c1-13(29)27-11-17-9-16(21(24(32)33)28-20(17)22(27)23(28)31)7-6-14-8-15-4-2-3-5-18(15)26(10-14)12-19(25)30;;/h2-8,10,17,20,22H,9,11-12H2,1H3,(H2-,25,30,32,33);;/q;+1;-1/p+1/b7-6+;;/t17-,20-,22+;;/m1../s1. The summed E-state index contributed by atoms with van der Waals surface area (Å²) in [5.41, 5.74) is 7.54. The van der Waals surface area contributed by atoms with Gasteiger partial charge in [-0.1, -0.05) is 18.2 Å². The number of para-hydroxylation sites is 1. The molecule has 1 aromatic heterocycles. The molecule has 170 valence electrons. The van der Waals surface area contributed by atoms with Crippen molar-refractivity contribution in [1.82, 2.24) is 9.80 Å². The molecule has 0 bridgehead atoms. The van der Waals surface area contributed by atoms with Gasteiger partial charge >= 0.3 is 35.5 Å². The van der Waals surface area contributed by atoms with E-state index in [1.807, 2.05) is 30.3 Å². The average molecular weight is 471 g/mol. The number of hydrogen-bond donors (Lipinski definition) is 2. The summed E-state index contributed by atoms with van der Waals surface area (Å²) in [6.45, 7) is 1.88. The van der Waals surface area contributed by atoms with E-state index in [9.17, 15) is 24.3 Å². The molecule has 10 heteroatoms. The summed E-state index contributed by atoms with van der Waals surface area (Å²) in [5, 5.41) is 10.8. The van der Waals surface area contributed by atoms with Crippen molar-refractivity contribution in [1.29, 1.82) is 0 Å². The monoisotopic (exact) mass is 471 g/mol. The van der Waals surface area contributed by atoms with E-state index in [4.69, 9.17) is 5.73 Å². The number of benzene rings is 1. The zero-order valence-electron chi connectivity index (χ0n) is 20.0. The first-order chi connectivity index (χ1) is 15.8. The number of hydrogen-bond acceptors (Lipinski definition) is 4. The van der Waals surface area contributed by atoms with Crippen LogP contribution in [0.15, 0.2) is 53.9 Å². The first-order valence-electron chi connectivity index (χ1n) is 10.7.